The highest BCUT2D eigenvalue weighted by Gasteiger charge is 2.04. The summed E-state index contributed by atoms with van der Waals surface area (Å²) in [5.74, 6) is 0.0583. The van der Waals surface area contributed by atoms with Gasteiger partial charge in [-0.1, -0.05) is 20.3 Å². The maximum absolute atomic E-state index is 12.7. The number of hydrogen-bond acceptors (Lipinski definition) is 1. The predicted molar refractivity (Wildman–Crippen MR) is 47.5 cm³/mol. The lowest BCUT2D eigenvalue weighted by Crippen LogP contribution is -1.94. The Morgan fingerprint density at radius 3 is 2.92 bits per heavy atom. The van der Waals surface area contributed by atoms with Gasteiger partial charge in [0.05, 0.1) is 0 Å². The number of nitrogens with zero attached hydrogens (tertiary/aromatic N) is 1. The first-order valence-electron chi connectivity index (χ1n) is 4.35. The number of hydrogen-bond donors (Lipinski definition) is 0. The van der Waals surface area contributed by atoms with E-state index in [-0.39, 0.29) is 5.95 Å². The zero-order chi connectivity index (χ0) is 8.97. The van der Waals surface area contributed by atoms with E-state index in [1.807, 2.05) is 6.07 Å². The molecule has 0 aliphatic rings. The van der Waals surface area contributed by atoms with Gasteiger partial charge in [0.1, 0.15) is 0 Å². The first-order valence-corrected chi connectivity index (χ1v) is 4.35. The third-order valence-electron chi connectivity index (χ3n) is 2.04. The Morgan fingerprint density at radius 1 is 1.58 bits per heavy atom. The van der Waals surface area contributed by atoms with E-state index in [0.29, 0.717) is 5.92 Å². The second kappa shape index (κ2) is 4.19. The standard InChI is InChI=1S/C10H14FN/c1-3-4-8(2)9-5-6-12-10(11)7-9/h5-8H,3-4H2,1-2H3. The molecule has 0 aromatic carbocycles. The molecule has 0 spiro atoms. The van der Waals surface area contributed by atoms with Crippen molar-refractivity contribution in [3.8, 4) is 0 Å². The number of halogens is 1. The SMILES string of the molecule is CCCC(C)c1ccnc(F)c1. The molecule has 1 unspecified atom stereocenters. The fourth-order valence-electron chi connectivity index (χ4n) is 1.32. The highest BCUT2D eigenvalue weighted by Crippen LogP contribution is 2.19. The molecule has 66 valence electrons. The first kappa shape index (κ1) is 9.17. The van der Waals surface area contributed by atoms with Crippen LogP contribution < -0.4 is 0 Å². The van der Waals surface area contributed by atoms with Crippen molar-refractivity contribution in [3.05, 3.63) is 29.8 Å². The first-order chi connectivity index (χ1) is 5.74. The summed E-state index contributed by atoms with van der Waals surface area (Å²) < 4.78 is 12.7. The zero-order valence-corrected chi connectivity index (χ0v) is 7.55. The second-order valence-electron chi connectivity index (χ2n) is 3.10. The lowest BCUT2D eigenvalue weighted by molar-refractivity contribution is 0.574. The van der Waals surface area contributed by atoms with Crippen LogP contribution in [-0.4, -0.2) is 4.98 Å². The van der Waals surface area contributed by atoms with E-state index in [0.717, 1.165) is 18.4 Å². The van der Waals surface area contributed by atoms with Crippen LogP contribution >= 0.6 is 0 Å². The average molecular weight is 167 g/mol. The van der Waals surface area contributed by atoms with E-state index in [9.17, 15) is 4.39 Å². The Morgan fingerprint density at radius 2 is 2.33 bits per heavy atom. The van der Waals surface area contributed by atoms with E-state index in [2.05, 4.69) is 18.8 Å². The van der Waals surface area contributed by atoms with Gasteiger partial charge in [-0.15, -0.1) is 0 Å². The maximum Gasteiger partial charge on any atom is 0.213 e. The molecule has 0 N–H and O–H groups in total. The molecule has 1 atom stereocenters. The fraction of sp³-hybridized carbons (Fsp3) is 0.500. The van der Waals surface area contributed by atoms with Gasteiger partial charge in [0.2, 0.25) is 5.95 Å². The summed E-state index contributed by atoms with van der Waals surface area (Å²) >= 11 is 0. The van der Waals surface area contributed by atoms with E-state index in [1.54, 1.807) is 0 Å². The van der Waals surface area contributed by atoms with Crippen LogP contribution in [0, 0.1) is 5.95 Å². The third-order valence-corrected chi connectivity index (χ3v) is 2.04. The summed E-state index contributed by atoms with van der Waals surface area (Å²) in [6.45, 7) is 4.24. The molecular weight excluding hydrogens is 153 g/mol. The van der Waals surface area contributed by atoms with Crippen molar-refractivity contribution in [1.82, 2.24) is 4.98 Å². The average Bonchev–Trinajstić information content (AvgIpc) is 2.05. The molecule has 1 aromatic rings. The maximum atomic E-state index is 12.7. The molecule has 0 aliphatic heterocycles. The number of pyridine rings is 1. The van der Waals surface area contributed by atoms with Gasteiger partial charge in [0.15, 0.2) is 0 Å². The summed E-state index contributed by atoms with van der Waals surface area (Å²) in [5.41, 5.74) is 1.05. The van der Waals surface area contributed by atoms with Gasteiger partial charge in [-0.25, -0.2) is 4.98 Å². The Balaban J connectivity index is 2.73. The van der Waals surface area contributed by atoms with Crippen LogP contribution in [0.4, 0.5) is 4.39 Å². The molecule has 1 nitrogen and oxygen atoms in total. The highest BCUT2D eigenvalue weighted by molar-refractivity contribution is 5.15. The third kappa shape index (κ3) is 2.29. The van der Waals surface area contributed by atoms with Crippen LogP contribution in [0.2, 0.25) is 0 Å². The Kier molecular flexibility index (Phi) is 3.20. The fourth-order valence-corrected chi connectivity index (χ4v) is 1.32. The summed E-state index contributed by atoms with van der Waals surface area (Å²) in [4.78, 5) is 3.52. The minimum atomic E-state index is -0.379. The van der Waals surface area contributed by atoms with Crippen molar-refractivity contribution in [3.63, 3.8) is 0 Å². The van der Waals surface area contributed by atoms with Crippen LogP contribution in [0.25, 0.3) is 0 Å². The van der Waals surface area contributed by atoms with Crippen molar-refractivity contribution in [1.29, 1.82) is 0 Å². The molecule has 1 rings (SSSR count). The van der Waals surface area contributed by atoms with Crippen LogP contribution in [0.5, 0.6) is 0 Å². The van der Waals surface area contributed by atoms with E-state index in [4.69, 9.17) is 0 Å². The van der Waals surface area contributed by atoms with E-state index >= 15 is 0 Å². The smallest absolute Gasteiger partial charge is 0.213 e. The van der Waals surface area contributed by atoms with Gasteiger partial charge < -0.3 is 0 Å². The Bertz CT molecular complexity index is 247. The molecule has 0 radical (unpaired) electrons. The van der Waals surface area contributed by atoms with Crippen molar-refractivity contribution in [2.45, 2.75) is 32.6 Å². The van der Waals surface area contributed by atoms with Crippen LogP contribution in [0.1, 0.15) is 38.2 Å². The molecular formula is C10H14FN. The molecule has 12 heavy (non-hydrogen) atoms. The summed E-state index contributed by atoms with van der Waals surface area (Å²) in [6.07, 6.45) is 3.76. The zero-order valence-electron chi connectivity index (χ0n) is 7.55. The van der Waals surface area contributed by atoms with Crippen molar-refractivity contribution in [2.75, 3.05) is 0 Å². The molecule has 0 amide bonds. The minimum Gasteiger partial charge on any atom is -0.228 e. The topological polar surface area (TPSA) is 12.9 Å². The summed E-state index contributed by atoms with van der Waals surface area (Å²) in [5, 5.41) is 0. The highest BCUT2D eigenvalue weighted by atomic mass is 19.1. The van der Waals surface area contributed by atoms with Gasteiger partial charge >= 0.3 is 0 Å². The monoisotopic (exact) mass is 167 g/mol. The van der Waals surface area contributed by atoms with E-state index in [1.165, 1.54) is 12.3 Å². The predicted octanol–water partition coefficient (Wildman–Crippen LogP) is 3.12. The number of aromatic nitrogens is 1. The lowest BCUT2D eigenvalue weighted by atomic mass is 9.98. The van der Waals surface area contributed by atoms with E-state index < -0.39 is 0 Å². The Hall–Kier alpha value is -0.920. The Labute approximate surface area is 72.6 Å². The van der Waals surface area contributed by atoms with Crippen LogP contribution in [0.15, 0.2) is 18.3 Å². The van der Waals surface area contributed by atoms with Crippen molar-refractivity contribution < 1.29 is 4.39 Å². The molecule has 0 aliphatic carbocycles. The molecule has 1 aromatic heterocycles. The van der Waals surface area contributed by atoms with Crippen LogP contribution in [-0.2, 0) is 0 Å². The van der Waals surface area contributed by atoms with Crippen LogP contribution in [0.3, 0.4) is 0 Å². The molecule has 2 heteroatoms. The normalized spacial score (nSPS) is 12.9. The van der Waals surface area contributed by atoms with Crippen molar-refractivity contribution in [2.24, 2.45) is 0 Å². The molecule has 0 bridgehead atoms. The summed E-state index contributed by atoms with van der Waals surface area (Å²) in [6, 6.07) is 3.39. The second-order valence-corrected chi connectivity index (χ2v) is 3.10. The van der Waals surface area contributed by atoms with Gasteiger partial charge in [-0.2, -0.15) is 4.39 Å². The number of rotatable bonds is 3. The largest absolute Gasteiger partial charge is 0.228 e. The van der Waals surface area contributed by atoms with Crippen molar-refractivity contribution >= 4 is 0 Å². The molecule has 0 saturated carbocycles. The lowest BCUT2D eigenvalue weighted by Gasteiger charge is -2.09. The van der Waals surface area contributed by atoms with Gasteiger partial charge in [-0.3, -0.25) is 0 Å². The quantitative estimate of drug-likeness (QED) is 0.630. The minimum absolute atomic E-state index is 0.379. The van der Waals surface area contributed by atoms with Gasteiger partial charge in [0, 0.05) is 6.20 Å². The molecule has 1 heterocycles. The summed E-state index contributed by atoms with van der Waals surface area (Å²) in [7, 11) is 0. The van der Waals surface area contributed by atoms with Gasteiger partial charge in [0.25, 0.3) is 0 Å². The molecule has 0 fully saturated rings. The molecule has 0 saturated heterocycles. The van der Waals surface area contributed by atoms with Gasteiger partial charge in [-0.05, 0) is 30.0 Å².